The van der Waals surface area contributed by atoms with Crippen molar-refractivity contribution in [1.82, 2.24) is 5.32 Å². The van der Waals surface area contributed by atoms with Crippen LogP contribution in [0, 0.1) is 0 Å². The number of esters is 1. The smallest absolute Gasteiger partial charge is 0.332 e. The van der Waals surface area contributed by atoms with Crippen molar-refractivity contribution in [3.8, 4) is 0 Å². The van der Waals surface area contributed by atoms with Gasteiger partial charge >= 0.3 is 5.97 Å². The third-order valence-corrected chi connectivity index (χ3v) is 4.37. The van der Waals surface area contributed by atoms with E-state index in [9.17, 15) is 9.59 Å². The molecule has 1 N–H and O–H groups in total. The number of rotatable bonds is 5. The van der Waals surface area contributed by atoms with Gasteiger partial charge in [-0.15, -0.1) is 0 Å². The lowest BCUT2D eigenvalue weighted by molar-refractivity contribution is -0.137. The minimum atomic E-state index is -0.499. The van der Waals surface area contributed by atoms with Gasteiger partial charge in [0.05, 0.1) is 21.7 Å². The maximum atomic E-state index is 11.8. The summed E-state index contributed by atoms with van der Waals surface area (Å²) in [5, 5.41) is 3.23. The molecule has 0 aliphatic heterocycles. The lowest BCUT2D eigenvalue weighted by atomic mass is 10.2. The van der Waals surface area contributed by atoms with Gasteiger partial charge in [0.15, 0.2) is 0 Å². The summed E-state index contributed by atoms with van der Waals surface area (Å²) in [4.78, 5) is 23.0. The van der Waals surface area contributed by atoms with Gasteiger partial charge in [-0.2, -0.15) is 0 Å². The fourth-order valence-electron chi connectivity index (χ4n) is 1.43. The predicted octanol–water partition coefficient (Wildman–Crippen LogP) is 5.06. The molecule has 0 radical (unpaired) electrons. The lowest BCUT2D eigenvalue weighted by Gasteiger charge is -2.07. The van der Waals surface area contributed by atoms with Crippen LogP contribution < -0.4 is 5.32 Å². The molecule has 0 heterocycles. The first-order chi connectivity index (χ1) is 10.3. The Morgan fingerprint density at radius 1 is 1.27 bits per heavy atom. The number of nitrogens with one attached hydrogen (secondary N) is 1. The Hall–Kier alpha value is -0.880. The molecule has 0 saturated carbocycles. The molecule has 8 heteroatoms. The molecule has 22 heavy (non-hydrogen) atoms. The van der Waals surface area contributed by atoms with E-state index in [2.05, 4.69) is 5.32 Å². The molecule has 1 amide bonds. The summed E-state index contributed by atoms with van der Waals surface area (Å²) >= 11 is 18.7. The molecule has 0 spiro atoms. The molecule has 4 nitrogen and oxygen atoms in total. The zero-order valence-electron chi connectivity index (χ0n) is 11.9. The molecule has 0 bridgehead atoms. The Bertz CT molecular complexity index is 582. The second-order valence-electron chi connectivity index (χ2n) is 4.15. The quantitative estimate of drug-likeness (QED) is 0.439. The maximum Gasteiger partial charge on any atom is 0.332 e. The molecule has 1 aromatic rings. The van der Waals surface area contributed by atoms with Gasteiger partial charge in [0.1, 0.15) is 0 Å². The topological polar surface area (TPSA) is 55.4 Å². The minimum absolute atomic E-state index is 0.281. The molecule has 0 saturated heterocycles. The number of ether oxygens (including phenoxy) is 1. The summed E-state index contributed by atoms with van der Waals surface area (Å²) in [6.45, 7) is 3.59. The van der Waals surface area contributed by atoms with E-state index in [0.717, 1.165) is 17.3 Å². The largest absolute Gasteiger partial charge is 0.463 e. The summed E-state index contributed by atoms with van der Waals surface area (Å²) in [6.07, 6.45) is 1.22. The molecule has 1 aromatic carbocycles. The fourth-order valence-corrected chi connectivity index (χ4v) is 2.77. The Morgan fingerprint density at radius 2 is 1.86 bits per heavy atom. The van der Waals surface area contributed by atoms with E-state index in [-0.39, 0.29) is 16.9 Å². The van der Waals surface area contributed by atoms with E-state index in [0.29, 0.717) is 21.5 Å². The zero-order chi connectivity index (χ0) is 16.7. The van der Waals surface area contributed by atoms with Gasteiger partial charge in [-0.05, 0) is 31.5 Å². The normalized spacial score (nSPS) is 11.2. The summed E-state index contributed by atoms with van der Waals surface area (Å²) in [7, 11) is 0. The molecular formula is C14H14Cl3NO3S. The van der Waals surface area contributed by atoms with Crippen molar-refractivity contribution in [2.45, 2.75) is 19.6 Å². The number of amides is 1. The van der Waals surface area contributed by atoms with Gasteiger partial charge in [-0.25, -0.2) is 4.79 Å². The first-order valence-electron chi connectivity index (χ1n) is 6.25. The van der Waals surface area contributed by atoms with Crippen LogP contribution >= 0.6 is 46.6 Å². The number of hydrogen-bond donors (Lipinski definition) is 1. The highest BCUT2D eigenvalue weighted by Crippen LogP contribution is 2.32. The van der Waals surface area contributed by atoms with Crippen LogP contribution in [0.25, 0.3) is 0 Å². The molecule has 0 aliphatic carbocycles. The van der Waals surface area contributed by atoms with Gasteiger partial charge in [0.25, 0.3) is 5.24 Å². The van der Waals surface area contributed by atoms with Crippen LogP contribution in [0.3, 0.4) is 0 Å². The summed E-state index contributed by atoms with van der Waals surface area (Å²) in [5.74, 6) is -0.128. The van der Waals surface area contributed by atoms with E-state index < -0.39 is 5.97 Å². The number of hydrogen-bond acceptors (Lipinski definition) is 4. The molecule has 0 atom stereocenters. The molecular weight excluding hydrogens is 369 g/mol. The van der Waals surface area contributed by atoms with Crippen molar-refractivity contribution in [3.05, 3.63) is 44.5 Å². The summed E-state index contributed by atoms with van der Waals surface area (Å²) in [5.41, 5.74) is 1.18. The van der Waals surface area contributed by atoms with Gasteiger partial charge < -0.3 is 10.1 Å². The summed E-state index contributed by atoms with van der Waals surface area (Å²) < 4.78 is 4.75. The van der Waals surface area contributed by atoms with Crippen LogP contribution in [0.1, 0.15) is 19.4 Å². The van der Waals surface area contributed by atoms with Crippen LogP contribution in [0.4, 0.5) is 4.79 Å². The number of carbonyl (C=O) groups excluding carboxylic acids is 2. The molecule has 0 unspecified atom stereocenters. The number of halogens is 3. The second-order valence-corrected chi connectivity index (χ2v) is 6.29. The first-order valence-corrected chi connectivity index (χ1v) is 8.37. The van der Waals surface area contributed by atoms with E-state index in [1.165, 1.54) is 6.08 Å². The highest BCUT2D eigenvalue weighted by atomic mass is 35.5. The number of thioether (sulfide) groups is 1. The second kappa shape index (κ2) is 9.30. The van der Waals surface area contributed by atoms with E-state index in [4.69, 9.17) is 39.5 Å². The highest BCUT2D eigenvalue weighted by Gasteiger charge is 2.09. The van der Waals surface area contributed by atoms with Crippen LogP contribution in [-0.2, 0) is 15.3 Å². The Labute approximate surface area is 148 Å². The van der Waals surface area contributed by atoms with Crippen LogP contribution in [0.5, 0.6) is 0 Å². The number of carbonyl (C=O) groups is 2. The SMILES string of the molecule is CCOC(=O)/C=C(/C)NC(=O)SCc1cc(Cl)c(Cl)c(Cl)c1. The summed E-state index contributed by atoms with van der Waals surface area (Å²) in [6, 6.07) is 3.30. The van der Waals surface area contributed by atoms with Crippen molar-refractivity contribution in [3.63, 3.8) is 0 Å². The van der Waals surface area contributed by atoms with Gasteiger partial charge in [-0.3, -0.25) is 4.79 Å². The van der Waals surface area contributed by atoms with Crippen LogP contribution in [0.2, 0.25) is 15.1 Å². The number of allylic oxidation sites excluding steroid dienone is 1. The number of benzene rings is 1. The van der Waals surface area contributed by atoms with E-state index >= 15 is 0 Å². The maximum absolute atomic E-state index is 11.8. The third kappa shape index (κ3) is 6.48. The predicted molar refractivity (Wildman–Crippen MR) is 91.7 cm³/mol. The van der Waals surface area contributed by atoms with Crippen molar-refractivity contribution in [2.24, 2.45) is 0 Å². The van der Waals surface area contributed by atoms with Gasteiger partial charge in [0.2, 0.25) is 0 Å². The minimum Gasteiger partial charge on any atom is -0.463 e. The van der Waals surface area contributed by atoms with Gasteiger partial charge in [-0.1, -0.05) is 46.6 Å². The van der Waals surface area contributed by atoms with Crippen LogP contribution in [-0.4, -0.2) is 17.8 Å². The monoisotopic (exact) mass is 381 g/mol. The lowest BCUT2D eigenvalue weighted by Crippen LogP contribution is -2.17. The molecule has 0 fully saturated rings. The Morgan fingerprint density at radius 3 is 2.41 bits per heavy atom. The third-order valence-electron chi connectivity index (χ3n) is 2.33. The standard InChI is InChI=1S/C14H14Cl3NO3S/c1-3-21-12(19)4-8(2)18-14(20)22-7-9-5-10(15)13(17)11(16)6-9/h4-6H,3,7H2,1-2H3,(H,18,20)/b8-4-. The Kier molecular flexibility index (Phi) is 8.10. The molecule has 120 valence electrons. The van der Waals surface area contributed by atoms with Crippen molar-refractivity contribution >= 4 is 57.8 Å². The van der Waals surface area contributed by atoms with E-state index in [1.54, 1.807) is 26.0 Å². The zero-order valence-corrected chi connectivity index (χ0v) is 15.0. The molecule has 0 aromatic heterocycles. The molecule has 1 rings (SSSR count). The van der Waals surface area contributed by atoms with Crippen molar-refractivity contribution < 1.29 is 14.3 Å². The first kappa shape index (κ1) is 19.2. The van der Waals surface area contributed by atoms with Gasteiger partial charge in [0, 0.05) is 17.5 Å². The highest BCUT2D eigenvalue weighted by molar-refractivity contribution is 8.12. The average Bonchev–Trinajstić information content (AvgIpc) is 2.42. The van der Waals surface area contributed by atoms with Crippen molar-refractivity contribution in [1.29, 1.82) is 0 Å². The van der Waals surface area contributed by atoms with Crippen LogP contribution in [0.15, 0.2) is 23.9 Å². The fraction of sp³-hybridized carbons (Fsp3) is 0.286. The van der Waals surface area contributed by atoms with Crippen molar-refractivity contribution in [2.75, 3.05) is 6.61 Å². The molecule has 0 aliphatic rings. The Balaban J connectivity index is 2.55. The average molecular weight is 383 g/mol. The van der Waals surface area contributed by atoms with E-state index in [1.807, 2.05) is 0 Å².